The van der Waals surface area contributed by atoms with Crippen LogP contribution in [0.25, 0.3) is 0 Å². The number of nitrogens with one attached hydrogen (secondary N) is 1. The van der Waals surface area contributed by atoms with Gasteiger partial charge in [0.25, 0.3) is 5.91 Å². The van der Waals surface area contributed by atoms with Gasteiger partial charge in [-0.1, -0.05) is 24.3 Å². The third-order valence-electron chi connectivity index (χ3n) is 3.88. The fourth-order valence-corrected chi connectivity index (χ4v) is 2.66. The first kappa shape index (κ1) is 15.9. The molecule has 0 fully saturated rings. The van der Waals surface area contributed by atoms with E-state index < -0.39 is 0 Å². The average molecular weight is 326 g/mol. The third-order valence-corrected chi connectivity index (χ3v) is 3.88. The summed E-state index contributed by atoms with van der Waals surface area (Å²) in [6.45, 7) is 0.00210. The van der Waals surface area contributed by atoms with Gasteiger partial charge in [-0.05, 0) is 18.2 Å². The van der Waals surface area contributed by atoms with Crippen LogP contribution in [0.4, 0.5) is 11.4 Å². The Morgan fingerprint density at radius 1 is 1.25 bits per heavy atom. The number of benzene rings is 2. The molecule has 2 aromatic rings. The molecule has 0 spiro atoms. The molecule has 0 atom stereocenters. The summed E-state index contributed by atoms with van der Waals surface area (Å²) in [4.78, 5) is 25.8. The van der Waals surface area contributed by atoms with E-state index in [2.05, 4.69) is 5.32 Å². The van der Waals surface area contributed by atoms with Gasteiger partial charge in [-0.3, -0.25) is 9.59 Å². The predicted octanol–water partition coefficient (Wildman–Crippen LogP) is 2.23. The van der Waals surface area contributed by atoms with Gasteiger partial charge in [0.15, 0.2) is 6.61 Å². The summed E-state index contributed by atoms with van der Waals surface area (Å²) < 4.78 is 10.7. The lowest BCUT2D eigenvalue weighted by Gasteiger charge is -2.28. The molecule has 3 rings (SSSR count). The Hall–Kier alpha value is -3.02. The van der Waals surface area contributed by atoms with Crippen LogP contribution in [-0.4, -0.2) is 32.6 Å². The molecule has 24 heavy (non-hydrogen) atoms. The summed E-state index contributed by atoms with van der Waals surface area (Å²) in [6, 6.07) is 12.7. The number of anilines is 2. The first-order chi connectivity index (χ1) is 11.6. The Morgan fingerprint density at radius 2 is 2.04 bits per heavy atom. The van der Waals surface area contributed by atoms with E-state index in [0.29, 0.717) is 22.9 Å². The van der Waals surface area contributed by atoms with E-state index in [-0.39, 0.29) is 24.8 Å². The summed E-state index contributed by atoms with van der Waals surface area (Å²) in [5.74, 6) is 0.888. The fraction of sp³-hybridized carbons (Fsp3) is 0.222. The lowest BCUT2D eigenvalue weighted by Crippen LogP contribution is -2.36. The number of likely N-dealkylation sites (N-methyl/N-ethyl adjacent to an activating group) is 1. The average Bonchev–Trinajstić information content (AvgIpc) is 2.58. The van der Waals surface area contributed by atoms with Crippen LogP contribution in [-0.2, 0) is 16.0 Å². The normalized spacial score (nSPS) is 13.1. The van der Waals surface area contributed by atoms with E-state index in [4.69, 9.17) is 9.47 Å². The largest absolute Gasteiger partial charge is 0.496 e. The Kier molecular flexibility index (Phi) is 4.37. The summed E-state index contributed by atoms with van der Waals surface area (Å²) in [7, 11) is 3.24. The first-order valence-electron chi connectivity index (χ1n) is 7.54. The molecule has 0 radical (unpaired) electrons. The van der Waals surface area contributed by atoms with Gasteiger partial charge in [-0.15, -0.1) is 0 Å². The fourth-order valence-electron chi connectivity index (χ4n) is 2.66. The molecule has 124 valence electrons. The summed E-state index contributed by atoms with van der Waals surface area (Å²) in [6.07, 6.45) is 0.173. The molecule has 0 unspecified atom stereocenters. The number of hydrogen-bond donors (Lipinski definition) is 1. The van der Waals surface area contributed by atoms with Crippen LogP contribution >= 0.6 is 0 Å². The van der Waals surface area contributed by atoms with Crippen molar-refractivity contribution in [3.05, 3.63) is 48.0 Å². The SMILES string of the molecule is COc1ccccc1CC(=O)Nc1cccc2c1N(C)C(=O)CO2. The van der Waals surface area contributed by atoms with E-state index in [9.17, 15) is 9.59 Å². The van der Waals surface area contributed by atoms with Gasteiger partial charge < -0.3 is 19.7 Å². The molecule has 0 bridgehead atoms. The van der Waals surface area contributed by atoms with Gasteiger partial charge in [-0.25, -0.2) is 0 Å². The molecule has 1 aliphatic heterocycles. The minimum Gasteiger partial charge on any atom is -0.496 e. The highest BCUT2D eigenvalue weighted by Gasteiger charge is 2.25. The lowest BCUT2D eigenvalue weighted by molar-refractivity contribution is -0.121. The van der Waals surface area contributed by atoms with Gasteiger partial charge >= 0.3 is 0 Å². The molecular weight excluding hydrogens is 308 g/mol. The van der Waals surface area contributed by atoms with Crippen LogP contribution in [0.2, 0.25) is 0 Å². The van der Waals surface area contributed by atoms with Crippen LogP contribution in [0.3, 0.4) is 0 Å². The number of fused-ring (bicyclic) bond motifs is 1. The summed E-state index contributed by atoms with van der Waals surface area (Å²) in [5, 5.41) is 2.85. The van der Waals surface area contributed by atoms with Gasteiger partial charge in [0.2, 0.25) is 5.91 Å². The van der Waals surface area contributed by atoms with Gasteiger partial charge in [0.1, 0.15) is 17.2 Å². The molecule has 0 saturated heterocycles. The molecule has 0 aromatic heterocycles. The van der Waals surface area contributed by atoms with E-state index in [1.165, 1.54) is 4.90 Å². The zero-order valence-corrected chi connectivity index (χ0v) is 13.5. The predicted molar refractivity (Wildman–Crippen MR) is 90.7 cm³/mol. The number of carbonyl (C=O) groups is 2. The number of methoxy groups -OCH3 is 1. The molecule has 0 aliphatic carbocycles. The van der Waals surface area contributed by atoms with Crippen molar-refractivity contribution in [3.63, 3.8) is 0 Å². The number of nitrogens with zero attached hydrogens (tertiary/aromatic N) is 1. The van der Waals surface area contributed by atoms with E-state index in [0.717, 1.165) is 5.56 Å². The zero-order chi connectivity index (χ0) is 17.1. The number of para-hydroxylation sites is 2. The van der Waals surface area contributed by atoms with Crippen LogP contribution < -0.4 is 19.7 Å². The minimum atomic E-state index is -0.195. The second kappa shape index (κ2) is 6.62. The van der Waals surface area contributed by atoms with E-state index in [1.807, 2.05) is 24.3 Å². The second-order valence-corrected chi connectivity index (χ2v) is 5.43. The topological polar surface area (TPSA) is 67.9 Å². The molecule has 2 aromatic carbocycles. The zero-order valence-electron chi connectivity index (χ0n) is 13.5. The lowest BCUT2D eigenvalue weighted by atomic mass is 10.1. The maximum atomic E-state index is 12.4. The number of ether oxygens (including phenoxy) is 2. The Bertz CT molecular complexity index is 788. The summed E-state index contributed by atoms with van der Waals surface area (Å²) in [5.41, 5.74) is 1.91. The maximum absolute atomic E-state index is 12.4. The maximum Gasteiger partial charge on any atom is 0.264 e. The van der Waals surface area contributed by atoms with E-state index >= 15 is 0 Å². The molecule has 1 heterocycles. The van der Waals surface area contributed by atoms with Crippen molar-refractivity contribution in [2.24, 2.45) is 0 Å². The number of amides is 2. The standard InChI is InChI=1S/C18H18N2O4/c1-20-17(22)11-24-15-9-5-7-13(18(15)20)19-16(21)10-12-6-3-4-8-14(12)23-2/h3-9H,10-11H2,1-2H3,(H,19,21). The molecule has 6 nitrogen and oxygen atoms in total. The van der Waals surface area contributed by atoms with Crippen LogP contribution in [0.15, 0.2) is 42.5 Å². The molecule has 2 amide bonds. The van der Waals surface area contributed by atoms with Crippen molar-refractivity contribution in [1.29, 1.82) is 0 Å². The number of rotatable bonds is 4. The van der Waals surface area contributed by atoms with E-state index in [1.54, 1.807) is 32.4 Å². The van der Waals surface area contributed by atoms with Gasteiger partial charge in [-0.2, -0.15) is 0 Å². The monoisotopic (exact) mass is 326 g/mol. The highest BCUT2D eigenvalue weighted by Crippen LogP contribution is 2.38. The Labute approximate surface area is 140 Å². The minimum absolute atomic E-state index is 0.00210. The van der Waals surface area contributed by atoms with Crippen molar-refractivity contribution in [3.8, 4) is 11.5 Å². The number of carbonyl (C=O) groups excluding carboxylic acids is 2. The van der Waals surface area contributed by atoms with Crippen molar-refractivity contribution in [1.82, 2.24) is 0 Å². The summed E-state index contributed by atoms with van der Waals surface area (Å²) >= 11 is 0. The van der Waals surface area contributed by atoms with Gasteiger partial charge in [0, 0.05) is 12.6 Å². The number of hydrogen-bond acceptors (Lipinski definition) is 4. The van der Waals surface area contributed by atoms with Crippen LogP contribution in [0.1, 0.15) is 5.56 Å². The van der Waals surface area contributed by atoms with Crippen LogP contribution in [0.5, 0.6) is 11.5 Å². The second-order valence-electron chi connectivity index (χ2n) is 5.43. The quantitative estimate of drug-likeness (QED) is 0.935. The van der Waals surface area contributed by atoms with Crippen molar-refractivity contribution in [2.75, 3.05) is 31.0 Å². The molecular formula is C18H18N2O4. The van der Waals surface area contributed by atoms with Crippen LogP contribution in [0, 0.1) is 0 Å². The molecule has 1 N–H and O–H groups in total. The molecule has 6 heteroatoms. The smallest absolute Gasteiger partial charge is 0.264 e. The highest BCUT2D eigenvalue weighted by atomic mass is 16.5. The molecule has 0 saturated carbocycles. The third kappa shape index (κ3) is 3.03. The van der Waals surface area contributed by atoms with Crippen molar-refractivity contribution in [2.45, 2.75) is 6.42 Å². The van der Waals surface area contributed by atoms with Crippen molar-refractivity contribution < 1.29 is 19.1 Å². The Balaban J connectivity index is 1.82. The highest BCUT2D eigenvalue weighted by molar-refractivity contribution is 6.04. The first-order valence-corrected chi connectivity index (χ1v) is 7.54. The Morgan fingerprint density at radius 3 is 2.83 bits per heavy atom. The van der Waals surface area contributed by atoms with Gasteiger partial charge in [0.05, 0.1) is 19.2 Å². The van der Waals surface area contributed by atoms with Crippen molar-refractivity contribution >= 4 is 23.2 Å². The molecule has 1 aliphatic rings.